The molecule has 1 heteroatoms. The van der Waals surface area contributed by atoms with E-state index < -0.39 is 0 Å². The average molecular weight is 333 g/mol. The summed E-state index contributed by atoms with van der Waals surface area (Å²) in [5, 5.41) is 2.61. The van der Waals surface area contributed by atoms with Gasteiger partial charge in [0, 0.05) is 16.5 Å². The zero-order chi connectivity index (χ0) is 17.5. The Morgan fingerprint density at radius 3 is 2.19 bits per heavy atom. The first kappa shape index (κ1) is 15.0. The molecule has 0 fully saturated rings. The molecule has 26 heavy (non-hydrogen) atoms. The van der Waals surface area contributed by atoms with Crippen LogP contribution in [0.1, 0.15) is 5.56 Å². The van der Waals surface area contributed by atoms with Crippen LogP contribution in [0.2, 0.25) is 0 Å². The summed E-state index contributed by atoms with van der Waals surface area (Å²) < 4.78 is 2.37. The number of para-hydroxylation sites is 2. The molecule has 0 unspecified atom stereocenters. The summed E-state index contributed by atoms with van der Waals surface area (Å²) in [4.78, 5) is 0. The molecule has 0 spiro atoms. The lowest BCUT2D eigenvalue weighted by Gasteiger charge is -2.09. The maximum atomic E-state index is 2.37. The standard InChI is InChI=1S/C25H19N/c1-18-9-7-10-19(17-18)21-14-8-16-24-25(21)22-13-5-6-15-23(22)26(24)20-11-3-2-4-12-20/h2-17H,1H3. The van der Waals surface area contributed by atoms with Crippen LogP contribution >= 0.6 is 0 Å². The number of aryl methyl sites for hydroxylation is 1. The lowest BCUT2D eigenvalue weighted by atomic mass is 9.98. The number of nitrogens with zero attached hydrogens (tertiary/aromatic N) is 1. The predicted molar refractivity (Wildman–Crippen MR) is 111 cm³/mol. The van der Waals surface area contributed by atoms with Gasteiger partial charge in [0.15, 0.2) is 0 Å². The first-order chi connectivity index (χ1) is 12.8. The Morgan fingerprint density at radius 2 is 1.35 bits per heavy atom. The highest BCUT2D eigenvalue weighted by Gasteiger charge is 2.15. The maximum Gasteiger partial charge on any atom is 0.0547 e. The molecule has 124 valence electrons. The number of hydrogen-bond acceptors (Lipinski definition) is 0. The van der Waals surface area contributed by atoms with Crippen LogP contribution in [0.15, 0.2) is 97.1 Å². The fourth-order valence-electron chi connectivity index (χ4n) is 3.93. The van der Waals surface area contributed by atoms with Crippen molar-refractivity contribution in [3.8, 4) is 16.8 Å². The molecule has 1 nitrogen and oxygen atoms in total. The molecular formula is C25H19N. The summed E-state index contributed by atoms with van der Waals surface area (Å²) in [5.41, 5.74) is 7.53. The second kappa shape index (κ2) is 5.89. The monoisotopic (exact) mass is 333 g/mol. The van der Waals surface area contributed by atoms with E-state index in [2.05, 4.69) is 109 Å². The van der Waals surface area contributed by atoms with Crippen molar-refractivity contribution < 1.29 is 0 Å². The lowest BCUT2D eigenvalue weighted by Crippen LogP contribution is -1.92. The van der Waals surface area contributed by atoms with Crippen LogP contribution in [0.3, 0.4) is 0 Å². The Morgan fingerprint density at radius 1 is 0.615 bits per heavy atom. The van der Waals surface area contributed by atoms with Crippen molar-refractivity contribution in [2.75, 3.05) is 0 Å². The summed E-state index contributed by atoms with van der Waals surface area (Å²) in [7, 11) is 0. The third-order valence-corrected chi connectivity index (χ3v) is 5.04. The predicted octanol–water partition coefficient (Wildman–Crippen LogP) is 6.76. The van der Waals surface area contributed by atoms with Crippen molar-refractivity contribution in [1.29, 1.82) is 0 Å². The zero-order valence-corrected chi connectivity index (χ0v) is 14.7. The van der Waals surface area contributed by atoms with Gasteiger partial charge in [-0.25, -0.2) is 0 Å². The lowest BCUT2D eigenvalue weighted by molar-refractivity contribution is 1.18. The smallest absolute Gasteiger partial charge is 0.0547 e. The molecule has 5 rings (SSSR count). The molecule has 0 radical (unpaired) electrons. The molecule has 0 saturated carbocycles. The maximum absolute atomic E-state index is 2.37. The summed E-state index contributed by atoms with van der Waals surface area (Å²) in [5.74, 6) is 0. The van der Waals surface area contributed by atoms with Crippen LogP contribution < -0.4 is 0 Å². The Labute approximate surface area is 153 Å². The van der Waals surface area contributed by atoms with Crippen LogP contribution in [-0.4, -0.2) is 4.57 Å². The van der Waals surface area contributed by atoms with Crippen molar-refractivity contribution in [2.24, 2.45) is 0 Å². The Balaban J connectivity index is 1.94. The third-order valence-electron chi connectivity index (χ3n) is 5.04. The molecule has 0 aliphatic heterocycles. The van der Waals surface area contributed by atoms with Crippen LogP contribution in [0.4, 0.5) is 0 Å². The quantitative estimate of drug-likeness (QED) is 0.336. The molecule has 4 aromatic carbocycles. The van der Waals surface area contributed by atoms with Gasteiger partial charge >= 0.3 is 0 Å². The minimum Gasteiger partial charge on any atom is -0.309 e. The minimum absolute atomic E-state index is 1.19. The molecule has 0 amide bonds. The second-order valence-electron chi connectivity index (χ2n) is 6.76. The van der Waals surface area contributed by atoms with E-state index in [9.17, 15) is 0 Å². The molecule has 0 N–H and O–H groups in total. The highest BCUT2D eigenvalue weighted by Crippen LogP contribution is 2.38. The van der Waals surface area contributed by atoms with Gasteiger partial charge in [0.1, 0.15) is 0 Å². The summed E-state index contributed by atoms with van der Waals surface area (Å²) in [6.45, 7) is 2.15. The average Bonchev–Trinajstić information content (AvgIpc) is 3.03. The summed E-state index contributed by atoms with van der Waals surface area (Å²) in [6, 6.07) is 34.7. The van der Waals surface area contributed by atoms with Gasteiger partial charge < -0.3 is 4.57 Å². The Hall–Kier alpha value is -3.32. The molecule has 0 bridgehead atoms. The van der Waals surface area contributed by atoms with Crippen LogP contribution in [0.25, 0.3) is 38.6 Å². The zero-order valence-electron chi connectivity index (χ0n) is 14.7. The molecule has 0 aliphatic rings. The first-order valence-corrected chi connectivity index (χ1v) is 8.97. The number of fused-ring (bicyclic) bond motifs is 3. The number of aromatic nitrogens is 1. The topological polar surface area (TPSA) is 4.93 Å². The van der Waals surface area contributed by atoms with E-state index in [4.69, 9.17) is 0 Å². The largest absolute Gasteiger partial charge is 0.309 e. The van der Waals surface area contributed by atoms with Gasteiger partial charge in [-0.15, -0.1) is 0 Å². The van der Waals surface area contributed by atoms with Gasteiger partial charge in [-0.3, -0.25) is 0 Å². The molecule has 5 aromatic rings. The fourth-order valence-corrected chi connectivity index (χ4v) is 3.93. The third kappa shape index (κ3) is 2.25. The van der Waals surface area contributed by atoms with E-state index in [0.29, 0.717) is 0 Å². The SMILES string of the molecule is Cc1cccc(-c2cccc3c2c2ccccc2n3-c2ccccc2)c1. The molecule has 0 atom stereocenters. The fraction of sp³-hybridized carbons (Fsp3) is 0.0400. The molecule has 1 heterocycles. The van der Waals surface area contributed by atoms with Crippen molar-refractivity contribution in [1.82, 2.24) is 4.57 Å². The highest BCUT2D eigenvalue weighted by atomic mass is 15.0. The molecule has 0 saturated heterocycles. The van der Waals surface area contributed by atoms with E-state index in [1.807, 2.05) is 0 Å². The summed E-state index contributed by atoms with van der Waals surface area (Å²) >= 11 is 0. The van der Waals surface area contributed by atoms with E-state index in [1.54, 1.807) is 0 Å². The number of hydrogen-bond donors (Lipinski definition) is 0. The summed E-state index contributed by atoms with van der Waals surface area (Å²) in [6.07, 6.45) is 0. The van der Waals surface area contributed by atoms with Crippen LogP contribution in [-0.2, 0) is 0 Å². The van der Waals surface area contributed by atoms with E-state index in [0.717, 1.165) is 0 Å². The normalized spacial score (nSPS) is 11.3. The Kier molecular flexibility index (Phi) is 3.39. The van der Waals surface area contributed by atoms with Gasteiger partial charge in [0.25, 0.3) is 0 Å². The van der Waals surface area contributed by atoms with E-state index in [1.165, 1.54) is 44.2 Å². The van der Waals surface area contributed by atoms with E-state index in [-0.39, 0.29) is 0 Å². The van der Waals surface area contributed by atoms with Gasteiger partial charge in [-0.1, -0.05) is 78.4 Å². The van der Waals surface area contributed by atoms with Crippen molar-refractivity contribution >= 4 is 21.8 Å². The van der Waals surface area contributed by atoms with Crippen molar-refractivity contribution in [3.63, 3.8) is 0 Å². The molecule has 1 aromatic heterocycles. The van der Waals surface area contributed by atoms with Gasteiger partial charge in [0.05, 0.1) is 11.0 Å². The van der Waals surface area contributed by atoms with Crippen molar-refractivity contribution in [3.05, 3.63) is 103 Å². The van der Waals surface area contributed by atoms with Gasteiger partial charge in [0.2, 0.25) is 0 Å². The molecule has 0 aliphatic carbocycles. The number of benzene rings is 4. The van der Waals surface area contributed by atoms with Gasteiger partial charge in [-0.2, -0.15) is 0 Å². The van der Waals surface area contributed by atoms with Crippen LogP contribution in [0, 0.1) is 6.92 Å². The second-order valence-corrected chi connectivity index (χ2v) is 6.76. The molecular weight excluding hydrogens is 314 g/mol. The minimum atomic E-state index is 1.19. The highest BCUT2D eigenvalue weighted by molar-refractivity contribution is 6.15. The van der Waals surface area contributed by atoms with E-state index >= 15 is 0 Å². The van der Waals surface area contributed by atoms with Crippen LogP contribution in [0.5, 0.6) is 0 Å². The van der Waals surface area contributed by atoms with Gasteiger partial charge in [-0.05, 0) is 42.3 Å². The first-order valence-electron chi connectivity index (χ1n) is 8.97. The number of rotatable bonds is 2. The Bertz CT molecular complexity index is 1230. The van der Waals surface area contributed by atoms with Crippen molar-refractivity contribution in [2.45, 2.75) is 6.92 Å².